The fourth-order valence-electron chi connectivity index (χ4n) is 1.73. The number of hydrogen-bond acceptors (Lipinski definition) is 2. The summed E-state index contributed by atoms with van der Waals surface area (Å²) in [6.45, 7) is 3.69. The molecule has 20 heavy (non-hydrogen) atoms. The average Bonchev–Trinajstić information content (AvgIpc) is 2.43. The number of nitrogens with one attached hydrogen (secondary N) is 1. The van der Waals surface area contributed by atoms with Crippen LogP contribution in [0, 0.1) is 6.92 Å². The molecule has 0 aliphatic heterocycles. The molecular weight excluding hydrogens is 318 g/mol. The van der Waals surface area contributed by atoms with Crippen LogP contribution in [-0.4, -0.2) is 12.0 Å². The lowest BCUT2D eigenvalue weighted by atomic mass is 10.2. The van der Waals surface area contributed by atoms with Crippen molar-refractivity contribution in [3.63, 3.8) is 0 Å². The van der Waals surface area contributed by atoms with E-state index in [4.69, 9.17) is 4.74 Å². The summed E-state index contributed by atoms with van der Waals surface area (Å²) in [5.41, 5.74) is 1.74. The minimum Gasteiger partial charge on any atom is -0.481 e. The number of benzene rings is 2. The first-order valence-corrected chi connectivity index (χ1v) is 7.15. The second-order valence-electron chi connectivity index (χ2n) is 4.49. The molecule has 0 radical (unpaired) electrons. The van der Waals surface area contributed by atoms with Crippen molar-refractivity contribution < 1.29 is 9.53 Å². The number of halogens is 1. The van der Waals surface area contributed by atoms with Crippen LogP contribution in [0.5, 0.6) is 5.75 Å². The van der Waals surface area contributed by atoms with Crippen molar-refractivity contribution >= 4 is 27.5 Å². The molecule has 2 aromatic rings. The van der Waals surface area contributed by atoms with Crippen molar-refractivity contribution in [2.45, 2.75) is 20.0 Å². The quantitative estimate of drug-likeness (QED) is 0.912. The Labute approximate surface area is 127 Å². The van der Waals surface area contributed by atoms with Gasteiger partial charge in [-0.25, -0.2) is 0 Å². The lowest BCUT2D eigenvalue weighted by Crippen LogP contribution is -2.30. The van der Waals surface area contributed by atoms with Gasteiger partial charge in [-0.1, -0.05) is 30.3 Å². The van der Waals surface area contributed by atoms with Gasteiger partial charge in [0.1, 0.15) is 5.75 Å². The standard InChI is InChI=1S/C16H16BrNO2/c1-11-7-3-6-10-15(11)20-12(2)16(19)18-14-9-5-4-8-13(14)17/h3-10,12H,1-2H3,(H,18,19). The first-order chi connectivity index (χ1) is 9.58. The number of aryl methyl sites for hydroxylation is 1. The van der Waals surface area contributed by atoms with Crippen molar-refractivity contribution in [2.24, 2.45) is 0 Å². The van der Waals surface area contributed by atoms with E-state index in [0.29, 0.717) is 0 Å². The third-order valence-corrected chi connectivity index (χ3v) is 3.59. The summed E-state index contributed by atoms with van der Waals surface area (Å²) < 4.78 is 6.54. The average molecular weight is 334 g/mol. The van der Waals surface area contributed by atoms with E-state index in [9.17, 15) is 4.79 Å². The molecule has 0 saturated carbocycles. The van der Waals surface area contributed by atoms with E-state index in [2.05, 4.69) is 21.2 Å². The number of carbonyl (C=O) groups is 1. The van der Waals surface area contributed by atoms with Crippen LogP contribution in [0.25, 0.3) is 0 Å². The predicted molar refractivity (Wildman–Crippen MR) is 84.0 cm³/mol. The second kappa shape index (κ2) is 6.57. The number of ether oxygens (including phenoxy) is 1. The van der Waals surface area contributed by atoms with Gasteiger partial charge < -0.3 is 10.1 Å². The SMILES string of the molecule is Cc1ccccc1OC(C)C(=O)Nc1ccccc1Br. The van der Waals surface area contributed by atoms with E-state index < -0.39 is 6.10 Å². The highest BCUT2D eigenvalue weighted by molar-refractivity contribution is 9.10. The van der Waals surface area contributed by atoms with Gasteiger partial charge in [0, 0.05) is 4.47 Å². The van der Waals surface area contributed by atoms with Gasteiger partial charge in [-0.05, 0) is 53.5 Å². The van der Waals surface area contributed by atoms with Crippen LogP contribution in [-0.2, 0) is 4.79 Å². The van der Waals surface area contributed by atoms with E-state index in [1.54, 1.807) is 6.92 Å². The Morgan fingerprint density at radius 1 is 1.15 bits per heavy atom. The van der Waals surface area contributed by atoms with Crippen molar-refractivity contribution in [2.75, 3.05) is 5.32 Å². The predicted octanol–water partition coefficient (Wildman–Crippen LogP) is 4.16. The van der Waals surface area contributed by atoms with Gasteiger partial charge in [-0.2, -0.15) is 0 Å². The van der Waals surface area contributed by atoms with Gasteiger partial charge in [0.25, 0.3) is 5.91 Å². The molecule has 0 saturated heterocycles. The minimum atomic E-state index is -0.566. The molecule has 0 bridgehead atoms. The number of para-hydroxylation sites is 2. The third kappa shape index (κ3) is 3.61. The maximum absolute atomic E-state index is 12.1. The molecule has 1 atom stereocenters. The fraction of sp³-hybridized carbons (Fsp3) is 0.188. The fourth-order valence-corrected chi connectivity index (χ4v) is 2.11. The van der Waals surface area contributed by atoms with Crippen LogP contribution in [0.1, 0.15) is 12.5 Å². The molecule has 2 aromatic carbocycles. The van der Waals surface area contributed by atoms with E-state index in [1.807, 2.05) is 55.5 Å². The van der Waals surface area contributed by atoms with Crippen LogP contribution in [0.4, 0.5) is 5.69 Å². The molecule has 0 fully saturated rings. The lowest BCUT2D eigenvalue weighted by molar-refractivity contribution is -0.122. The molecule has 0 spiro atoms. The number of rotatable bonds is 4. The highest BCUT2D eigenvalue weighted by atomic mass is 79.9. The van der Waals surface area contributed by atoms with E-state index >= 15 is 0 Å². The number of anilines is 1. The highest BCUT2D eigenvalue weighted by Crippen LogP contribution is 2.22. The Kier molecular flexibility index (Phi) is 4.79. The normalized spacial score (nSPS) is 11.8. The van der Waals surface area contributed by atoms with E-state index in [1.165, 1.54) is 0 Å². The molecule has 1 N–H and O–H groups in total. The molecular formula is C16H16BrNO2. The van der Waals surface area contributed by atoms with Crippen LogP contribution in [0.2, 0.25) is 0 Å². The largest absolute Gasteiger partial charge is 0.481 e. The van der Waals surface area contributed by atoms with Crippen LogP contribution >= 0.6 is 15.9 Å². The summed E-state index contributed by atoms with van der Waals surface area (Å²) in [6.07, 6.45) is -0.566. The van der Waals surface area contributed by atoms with E-state index in [-0.39, 0.29) is 5.91 Å². The summed E-state index contributed by atoms with van der Waals surface area (Å²) in [4.78, 5) is 12.1. The Hall–Kier alpha value is -1.81. The van der Waals surface area contributed by atoms with Crippen molar-refractivity contribution in [3.8, 4) is 5.75 Å². The molecule has 0 aliphatic carbocycles. The summed E-state index contributed by atoms with van der Waals surface area (Å²) in [5.74, 6) is 0.544. The van der Waals surface area contributed by atoms with Crippen LogP contribution in [0.15, 0.2) is 53.0 Å². The Morgan fingerprint density at radius 3 is 2.50 bits per heavy atom. The summed E-state index contributed by atoms with van der Waals surface area (Å²) in [6, 6.07) is 15.1. The maximum Gasteiger partial charge on any atom is 0.265 e. The number of hydrogen-bond donors (Lipinski definition) is 1. The van der Waals surface area contributed by atoms with Gasteiger partial charge in [0.2, 0.25) is 0 Å². The Morgan fingerprint density at radius 2 is 1.80 bits per heavy atom. The smallest absolute Gasteiger partial charge is 0.265 e. The lowest BCUT2D eigenvalue weighted by Gasteiger charge is -2.16. The summed E-state index contributed by atoms with van der Waals surface area (Å²) >= 11 is 3.40. The zero-order valence-corrected chi connectivity index (χ0v) is 13.0. The first-order valence-electron chi connectivity index (χ1n) is 6.35. The third-order valence-electron chi connectivity index (χ3n) is 2.90. The zero-order valence-electron chi connectivity index (χ0n) is 11.4. The van der Waals surface area contributed by atoms with Gasteiger partial charge in [0.05, 0.1) is 5.69 Å². The molecule has 0 aliphatic rings. The van der Waals surface area contributed by atoms with Crippen molar-refractivity contribution in [3.05, 3.63) is 58.6 Å². The molecule has 4 heteroatoms. The van der Waals surface area contributed by atoms with Crippen molar-refractivity contribution in [1.82, 2.24) is 0 Å². The molecule has 0 aromatic heterocycles. The van der Waals surface area contributed by atoms with E-state index in [0.717, 1.165) is 21.5 Å². The molecule has 3 nitrogen and oxygen atoms in total. The zero-order chi connectivity index (χ0) is 14.5. The van der Waals surface area contributed by atoms with Crippen molar-refractivity contribution in [1.29, 1.82) is 0 Å². The highest BCUT2D eigenvalue weighted by Gasteiger charge is 2.16. The molecule has 104 valence electrons. The molecule has 1 amide bonds. The van der Waals surface area contributed by atoms with Gasteiger partial charge in [0.15, 0.2) is 6.10 Å². The second-order valence-corrected chi connectivity index (χ2v) is 5.35. The van der Waals surface area contributed by atoms with Crippen LogP contribution < -0.4 is 10.1 Å². The Bertz CT molecular complexity index is 613. The molecule has 0 heterocycles. The topological polar surface area (TPSA) is 38.3 Å². The summed E-state index contributed by atoms with van der Waals surface area (Å²) in [7, 11) is 0. The minimum absolute atomic E-state index is 0.180. The summed E-state index contributed by atoms with van der Waals surface area (Å²) in [5, 5.41) is 2.84. The number of carbonyl (C=O) groups excluding carboxylic acids is 1. The number of amides is 1. The first kappa shape index (κ1) is 14.6. The Balaban J connectivity index is 2.03. The molecule has 2 rings (SSSR count). The van der Waals surface area contributed by atoms with Gasteiger partial charge in [-0.3, -0.25) is 4.79 Å². The van der Waals surface area contributed by atoms with Gasteiger partial charge >= 0.3 is 0 Å². The van der Waals surface area contributed by atoms with Crippen LogP contribution in [0.3, 0.4) is 0 Å². The molecule has 1 unspecified atom stereocenters. The monoisotopic (exact) mass is 333 g/mol. The van der Waals surface area contributed by atoms with Gasteiger partial charge in [-0.15, -0.1) is 0 Å². The maximum atomic E-state index is 12.1.